The summed E-state index contributed by atoms with van der Waals surface area (Å²) >= 11 is 12.5. The first-order valence-electron chi connectivity index (χ1n) is 9.92. The van der Waals surface area contributed by atoms with Crippen LogP contribution in [0, 0.1) is 6.92 Å². The molecule has 29 heavy (non-hydrogen) atoms. The zero-order chi connectivity index (χ0) is 20.5. The average Bonchev–Trinajstić information content (AvgIpc) is 3.25. The van der Waals surface area contributed by atoms with Gasteiger partial charge >= 0.3 is 0 Å². The van der Waals surface area contributed by atoms with Crippen molar-refractivity contribution in [2.24, 2.45) is 0 Å². The zero-order valence-electron chi connectivity index (χ0n) is 16.5. The third-order valence-electron chi connectivity index (χ3n) is 5.45. The number of halogens is 2. The Hall–Kier alpha value is -2.30. The zero-order valence-corrected chi connectivity index (χ0v) is 18.0. The second-order valence-corrected chi connectivity index (χ2v) is 8.32. The minimum absolute atomic E-state index is 0.0157. The Balaban J connectivity index is 1.83. The van der Waals surface area contributed by atoms with Crippen LogP contribution in [0.3, 0.4) is 0 Å². The molecule has 0 fully saturated rings. The average molecular weight is 428 g/mol. The molecule has 1 atom stereocenters. The standard InChI is InChI=1S/C23H23Cl2N3O/c1-3-4-5-12-28-22(16-10-11-17(24)18(25)13-16)19-20(26-27-21(19)23(28)29)15-8-6-14(2)7-9-15/h6-11,13,22H,3-5,12H2,1-2H3,(H,26,27). The van der Waals surface area contributed by atoms with Gasteiger partial charge in [0.1, 0.15) is 5.69 Å². The first kappa shape index (κ1) is 20.0. The van der Waals surface area contributed by atoms with Crippen LogP contribution in [0.25, 0.3) is 11.3 Å². The van der Waals surface area contributed by atoms with Crippen molar-refractivity contribution in [3.05, 3.63) is 74.9 Å². The van der Waals surface area contributed by atoms with E-state index in [0.717, 1.165) is 41.6 Å². The van der Waals surface area contributed by atoms with Gasteiger partial charge in [-0.15, -0.1) is 0 Å². The summed E-state index contributed by atoms with van der Waals surface area (Å²) in [5.41, 5.74) is 5.39. The molecule has 0 bridgehead atoms. The van der Waals surface area contributed by atoms with Crippen molar-refractivity contribution in [3.63, 3.8) is 0 Å². The molecule has 1 aliphatic heterocycles. The van der Waals surface area contributed by atoms with Gasteiger partial charge in [0, 0.05) is 17.7 Å². The molecule has 1 unspecified atom stereocenters. The van der Waals surface area contributed by atoms with E-state index in [0.29, 0.717) is 22.3 Å². The second kappa shape index (κ2) is 8.21. The number of carbonyl (C=O) groups excluding carboxylic acids is 1. The molecule has 2 aromatic carbocycles. The molecular weight excluding hydrogens is 405 g/mol. The number of amides is 1. The largest absolute Gasteiger partial charge is 0.326 e. The smallest absolute Gasteiger partial charge is 0.273 e. The molecule has 0 saturated carbocycles. The minimum atomic E-state index is -0.237. The summed E-state index contributed by atoms with van der Waals surface area (Å²) in [5.74, 6) is -0.0157. The quantitative estimate of drug-likeness (QED) is 0.460. The predicted octanol–water partition coefficient (Wildman–Crippen LogP) is 6.43. The number of rotatable bonds is 6. The van der Waals surface area contributed by atoms with Gasteiger partial charge in [0.15, 0.2) is 0 Å². The molecule has 0 aliphatic carbocycles. The molecule has 3 aromatic rings. The summed E-state index contributed by atoms with van der Waals surface area (Å²) < 4.78 is 0. The number of aryl methyl sites for hydroxylation is 1. The molecule has 4 nitrogen and oxygen atoms in total. The van der Waals surface area contributed by atoms with E-state index in [-0.39, 0.29) is 11.9 Å². The lowest BCUT2D eigenvalue weighted by Gasteiger charge is -2.26. The number of carbonyl (C=O) groups is 1. The summed E-state index contributed by atoms with van der Waals surface area (Å²) in [6.07, 6.45) is 3.13. The maximum atomic E-state index is 13.2. The molecule has 0 radical (unpaired) electrons. The molecule has 2 heterocycles. The molecule has 150 valence electrons. The number of aromatic nitrogens is 2. The van der Waals surface area contributed by atoms with E-state index in [1.54, 1.807) is 6.07 Å². The Bertz CT molecular complexity index is 1040. The third kappa shape index (κ3) is 3.67. The Morgan fingerprint density at radius 1 is 1.07 bits per heavy atom. The van der Waals surface area contributed by atoms with Gasteiger partial charge in [-0.2, -0.15) is 5.10 Å². The van der Waals surface area contributed by atoms with Crippen LogP contribution < -0.4 is 0 Å². The van der Waals surface area contributed by atoms with Gasteiger partial charge in [0.25, 0.3) is 5.91 Å². The van der Waals surface area contributed by atoms with Crippen LogP contribution in [0.5, 0.6) is 0 Å². The maximum absolute atomic E-state index is 13.2. The topological polar surface area (TPSA) is 49.0 Å². The van der Waals surface area contributed by atoms with E-state index in [1.165, 1.54) is 5.56 Å². The van der Waals surface area contributed by atoms with Gasteiger partial charge in [-0.3, -0.25) is 9.89 Å². The van der Waals surface area contributed by atoms with Crippen molar-refractivity contribution < 1.29 is 4.79 Å². The highest BCUT2D eigenvalue weighted by Gasteiger charge is 2.41. The van der Waals surface area contributed by atoms with E-state index >= 15 is 0 Å². The highest BCUT2D eigenvalue weighted by atomic mass is 35.5. The first-order valence-corrected chi connectivity index (χ1v) is 10.7. The van der Waals surface area contributed by atoms with Gasteiger partial charge in [0.05, 0.1) is 21.8 Å². The first-order chi connectivity index (χ1) is 14.0. The molecule has 4 rings (SSSR count). The van der Waals surface area contributed by atoms with Crippen molar-refractivity contribution >= 4 is 29.1 Å². The van der Waals surface area contributed by atoms with Crippen LogP contribution in [-0.4, -0.2) is 27.5 Å². The normalized spacial score (nSPS) is 15.8. The fourth-order valence-corrected chi connectivity index (χ4v) is 4.23. The van der Waals surface area contributed by atoms with E-state index < -0.39 is 0 Å². The molecule has 0 saturated heterocycles. The van der Waals surface area contributed by atoms with Crippen molar-refractivity contribution in [1.29, 1.82) is 0 Å². The lowest BCUT2D eigenvalue weighted by atomic mass is 9.95. The van der Waals surface area contributed by atoms with Gasteiger partial charge in [-0.25, -0.2) is 0 Å². The highest BCUT2D eigenvalue weighted by Crippen LogP contribution is 2.43. The van der Waals surface area contributed by atoms with Crippen LogP contribution in [0.2, 0.25) is 10.0 Å². The van der Waals surface area contributed by atoms with Crippen molar-refractivity contribution in [1.82, 2.24) is 15.1 Å². The molecule has 1 aliphatic rings. The Kier molecular flexibility index (Phi) is 5.66. The highest BCUT2D eigenvalue weighted by molar-refractivity contribution is 6.42. The molecule has 1 amide bonds. The lowest BCUT2D eigenvalue weighted by molar-refractivity contribution is 0.0740. The number of fused-ring (bicyclic) bond motifs is 1. The van der Waals surface area contributed by atoms with Crippen molar-refractivity contribution in [2.75, 3.05) is 6.54 Å². The molecule has 1 aromatic heterocycles. The van der Waals surface area contributed by atoms with Gasteiger partial charge in [-0.1, -0.05) is 78.9 Å². The lowest BCUT2D eigenvalue weighted by Crippen LogP contribution is -2.30. The number of benzene rings is 2. The van der Waals surface area contributed by atoms with E-state index in [9.17, 15) is 4.79 Å². The SMILES string of the molecule is CCCCCN1C(=O)c2[nH]nc(-c3ccc(C)cc3)c2C1c1ccc(Cl)c(Cl)c1. The van der Waals surface area contributed by atoms with Crippen LogP contribution in [0.1, 0.15) is 59.4 Å². The fourth-order valence-electron chi connectivity index (χ4n) is 3.92. The predicted molar refractivity (Wildman–Crippen MR) is 118 cm³/mol. The van der Waals surface area contributed by atoms with E-state index in [2.05, 4.69) is 36.2 Å². The molecule has 0 spiro atoms. The molecular formula is C23H23Cl2N3O. The van der Waals surface area contributed by atoms with E-state index in [4.69, 9.17) is 23.2 Å². The Morgan fingerprint density at radius 2 is 1.83 bits per heavy atom. The second-order valence-electron chi connectivity index (χ2n) is 7.51. The number of aromatic amines is 1. The molecule has 1 N–H and O–H groups in total. The Morgan fingerprint density at radius 3 is 2.52 bits per heavy atom. The van der Waals surface area contributed by atoms with Crippen LogP contribution in [0.4, 0.5) is 0 Å². The van der Waals surface area contributed by atoms with E-state index in [1.807, 2.05) is 29.2 Å². The summed E-state index contributed by atoms with van der Waals surface area (Å²) in [4.78, 5) is 15.1. The van der Waals surface area contributed by atoms with Gasteiger partial charge in [0.2, 0.25) is 0 Å². The van der Waals surface area contributed by atoms with Crippen LogP contribution >= 0.6 is 23.2 Å². The van der Waals surface area contributed by atoms with Crippen molar-refractivity contribution in [3.8, 4) is 11.3 Å². The summed E-state index contributed by atoms with van der Waals surface area (Å²) in [6, 6.07) is 13.6. The fraction of sp³-hybridized carbons (Fsp3) is 0.304. The number of hydrogen-bond acceptors (Lipinski definition) is 2. The van der Waals surface area contributed by atoms with Crippen molar-refractivity contribution in [2.45, 2.75) is 39.2 Å². The third-order valence-corrected chi connectivity index (χ3v) is 6.19. The summed E-state index contributed by atoms with van der Waals surface area (Å²) in [6.45, 7) is 4.90. The van der Waals surface area contributed by atoms with Crippen LogP contribution in [0.15, 0.2) is 42.5 Å². The number of unbranched alkanes of at least 4 members (excludes halogenated alkanes) is 2. The number of hydrogen-bond donors (Lipinski definition) is 1. The summed E-state index contributed by atoms with van der Waals surface area (Å²) in [7, 11) is 0. The number of H-pyrrole nitrogens is 1. The minimum Gasteiger partial charge on any atom is -0.326 e. The maximum Gasteiger partial charge on any atom is 0.273 e. The monoisotopic (exact) mass is 427 g/mol. The number of nitrogens with zero attached hydrogens (tertiary/aromatic N) is 2. The Labute approximate surface area is 180 Å². The van der Waals surface area contributed by atoms with Gasteiger partial charge < -0.3 is 4.90 Å². The van der Waals surface area contributed by atoms with Crippen LogP contribution in [-0.2, 0) is 0 Å². The summed E-state index contributed by atoms with van der Waals surface area (Å²) in [5, 5.41) is 8.49. The number of nitrogens with one attached hydrogen (secondary N) is 1. The molecule has 6 heteroatoms. The van der Waals surface area contributed by atoms with Gasteiger partial charge in [-0.05, 0) is 31.0 Å².